The normalized spacial score (nSPS) is 15.8. The second-order valence-electron chi connectivity index (χ2n) is 5.51. The van der Waals surface area contributed by atoms with Crippen molar-refractivity contribution in [3.63, 3.8) is 0 Å². The number of nitrogens with zero attached hydrogens (tertiary/aromatic N) is 1. The van der Waals surface area contributed by atoms with E-state index in [2.05, 4.69) is 4.98 Å². The van der Waals surface area contributed by atoms with Gasteiger partial charge in [0.25, 0.3) is 0 Å². The van der Waals surface area contributed by atoms with Gasteiger partial charge in [0, 0.05) is 17.5 Å². The monoisotopic (exact) mass is 306 g/mol. The highest BCUT2D eigenvalue weighted by atomic mass is 35.5. The van der Waals surface area contributed by atoms with Gasteiger partial charge in [0.05, 0.1) is 12.8 Å². The van der Waals surface area contributed by atoms with Crippen LogP contribution < -0.4 is 10.5 Å². The van der Waals surface area contributed by atoms with Crippen LogP contribution >= 0.6 is 11.6 Å². The summed E-state index contributed by atoms with van der Waals surface area (Å²) >= 11 is 6.10. The van der Waals surface area contributed by atoms with Crippen LogP contribution in [0, 0.1) is 11.2 Å². The zero-order valence-corrected chi connectivity index (χ0v) is 12.2. The van der Waals surface area contributed by atoms with Gasteiger partial charge in [-0.05, 0) is 36.6 Å². The van der Waals surface area contributed by atoms with Crippen LogP contribution in [0.4, 0.5) is 4.39 Å². The molecule has 21 heavy (non-hydrogen) atoms. The molecule has 3 nitrogen and oxygen atoms in total. The number of pyridine rings is 1. The van der Waals surface area contributed by atoms with Crippen molar-refractivity contribution >= 4 is 11.6 Å². The molecule has 1 saturated carbocycles. The van der Waals surface area contributed by atoms with Gasteiger partial charge in [0.15, 0.2) is 0 Å². The van der Waals surface area contributed by atoms with Crippen molar-refractivity contribution in [1.82, 2.24) is 4.98 Å². The molecule has 1 heterocycles. The second kappa shape index (κ2) is 5.62. The molecule has 5 heteroatoms. The molecule has 0 spiro atoms. The lowest BCUT2D eigenvalue weighted by Crippen LogP contribution is -2.22. The number of hydrogen-bond donors (Lipinski definition) is 1. The minimum absolute atomic E-state index is 0.124. The molecule has 110 valence electrons. The Kier molecular flexibility index (Phi) is 3.83. The molecule has 0 amide bonds. The highest BCUT2D eigenvalue weighted by Gasteiger charge is 2.42. The van der Waals surface area contributed by atoms with Crippen molar-refractivity contribution in [2.24, 2.45) is 11.1 Å². The minimum Gasteiger partial charge on any atom is -0.491 e. The van der Waals surface area contributed by atoms with Gasteiger partial charge in [-0.2, -0.15) is 0 Å². The number of halogens is 2. The molecule has 1 fully saturated rings. The summed E-state index contributed by atoms with van der Waals surface area (Å²) in [5.41, 5.74) is 7.20. The SMILES string of the molecule is NCC1(COc2cnc(Cl)c(-c3cccc(F)c3)c2)CC1. The van der Waals surface area contributed by atoms with Crippen molar-refractivity contribution in [3.05, 3.63) is 47.5 Å². The summed E-state index contributed by atoms with van der Waals surface area (Å²) < 4.78 is 19.1. The van der Waals surface area contributed by atoms with E-state index >= 15 is 0 Å². The first-order chi connectivity index (χ1) is 10.1. The minimum atomic E-state index is -0.310. The fourth-order valence-electron chi connectivity index (χ4n) is 2.19. The van der Waals surface area contributed by atoms with Crippen LogP contribution in [-0.4, -0.2) is 18.1 Å². The lowest BCUT2D eigenvalue weighted by molar-refractivity contribution is 0.238. The first-order valence-electron chi connectivity index (χ1n) is 6.86. The molecule has 0 radical (unpaired) electrons. The third-order valence-corrected chi connectivity index (χ3v) is 4.19. The van der Waals surface area contributed by atoms with Crippen LogP contribution in [-0.2, 0) is 0 Å². The van der Waals surface area contributed by atoms with Crippen molar-refractivity contribution in [2.45, 2.75) is 12.8 Å². The fraction of sp³-hybridized carbons (Fsp3) is 0.312. The van der Waals surface area contributed by atoms with Crippen molar-refractivity contribution < 1.29 is 9.13 Å². The molecule has 3 rings (SSSR count). The highest BCUT2D eigenvalue weighted by molar-refractivity contribution is 6.32. The molecule has 0 aliphatic heterocycles. The molecule has 0 saturated heterocycles. The van der Waals surface area contributed by atoms with E-state index in [1.54, 1.807) is 24.4 Å². The average Bonchev–Trinajstić information content (AvgIpc) is 3.27. The van der Waals surface area contributed by atoms with Gasteiger partial charge in [-0.1, -0.05) is 23.7 Å². The van der Waals surface area contributed by atoms with Crippen molar-refractivity contribution in [2.75, 3.05) is 13.2 Å². The smallest absolute Gasteiger partial charge is 0.138 e. The van der Waals surface area contributed by atoms with Crippen LogP contribution in [0.25, 0.3) is 11.1 Å². The molecule has 2 N–H and O–H groups in total. The van der Waals surface area contributed by atoms with E-state index < -0.39 is 0 Å². The van der Waals surface area contributed by atoms with Gasteiger partial charge in [0.1, 0.15) is 16.7 Å². The van der Waals surface area contributed by atoms with Crippen LogP contribution in [0.3, 0.4) is 0 Å². The Bertz CT molecular complexity index is 658. The summed E-state index contributed by atoms with van der Waals surface area (Å²) in [5.74, 6) is 0.313. The first-order valence-corrected chi connectivity index (χ1v) is 7.24. The van der Waals surface area contributed by atoms with Crippen molar-refractivity contribution in [1.29, 1.82) is 0 Å². The number of ether oxygens (including phenoxy) is 1. The van der Waals surface area contributed by atoms with Gasteiger partial charge in [0.2, 0.25) is 0 Å². The van der Waals surface area contributed by atoms with Gasteiger partial charge < -0.3 is 10.5 Å². The quantitative estimate of drug-likeness (QED) is 0.858. The standard InChI is InChI=1S/C16H16ClFN2O/c17-15-14(11-2-1-3-12(18)6-11)7-13(8-20-15)21-10-16(9-19)4-5-16/h1-3,6-8H,4-5,9-10,19H2. The van der Waals surface area contributed by atoms with Crippen LogP contribution in [0.15, 0.2) is 36.5 Å². The molecule has 1 aromatic heterocycles. The van der Waals surface area contributed by atoms with Crippen LogP contribution in [0.2, 0.25) is 5.15 Å². The summed E-state index contributed by atoms with van der Waals surface area (Å²) in [6.45, 7) is 1.21. The lowest BCUT2D eigenvalue weighted by Gasteiger charge is -2.14. The summed E-state index contributed by atoms with van der Waals surface area (Å²) in [7, 11) is 0. The van der Waals surface area contributed by atoms with E-state index in [0.717, 1.165) is 12.8 Å². The molecule has 0 unspecified atom stereocenters. The van der Waals surface area contributed by atoms with E-state index in [1.165, 1.54) is 12.1 Å². The average molecular weight is 307 g/mol. The van der Waals surface area contributed by atoms with E-state index in [4.69, 9.17) is 22.1 Å². The third-order valence-electron chi connectivity index (χ3n) is 3.88. The molecular formula is C16H16ClFN2O. The molecular weight excluding hydrogens is 291 g/mol. The summed E-state index contributed by atoms with van der Waals surface area (Å²) in [5, 5.41) is 0.327. The summed E-state index contributed by atoms with van der Waals surface area (Å²) in [6.07, 6.45) is 3.78. The summed E-state index contributed by atoms with van der Waals surface area (Å²) in [6, 6.07) is 8.04. The number of nitrogens with two attached hydrogens (primary N) is 1. The lowest BCUT2D eigenvalue weighted by atomic mass is 10.1. The van der Waals surface area contributed by atoms with Crippen LogP contribution in [0.1, 0.15) is 12.8 Å². The van der Waals surface area contributed by atoms with E-state index in [0.29, 0.717) is 35.2 Å². The maximum absolute atomic E-state index is 13.3. The predicted octanol–water partition coefficient (Wildman–Crippen LogP) is 3.66. The molecule has 2 aromatic rings. The van der Waals surface area contributed by atoms with Gasteiger partial charge in [-0.25, -0.2) is 9.37 Å². The number of rotatable bonds is 5. The topological polar surface area (TPSA) is 48.1 Å². The zero-order valence-electron chi connectivity index (χ0n) is 11.5. The molecule has 1 aromatic carbocycles. The number of hydrogen-bond acceptors (Lipinski definition) is 3. The van der Waals surface area contributed by atoms with Crippen molar-refractivity contribution in [3.8, 4) is 16.9 Å². The number of aromatic nitrogens is 1. The van der Waals surface area contributed by atoms with E-state index in [-0.39, 0.29) is 11.2 Å². The molecule has 1 aliphatic rings. The molecule has 0 bridgehead atoms. The van der Waals surface area contributed by atoms with E-state index in [1.807, 2.05) is 0 Å². The molecule has 1 aliphatic carbocycles. The van der Waals surface area contributed by atoms with Crippen LogP contribution in [0.5, 0.6) is 5.75 Å². The van der Waals surface area contributed by atoms with Gasteiger partial charge in [-0.15, -0.1) is 0 Å². The Morgan fingerprint density at radius 3 is 2.81 bits per heavy atom. The fourth-order valence-corrected chi connectivity index (χ4v) is 2.40. The Hall–Kier alpha value is -1.65. The maximum atomic E-state index is 13.3. The first kappa shape index (κ1) is 14.3. The highest BCUT2D eigenvalue weighted by Crippen LogP contribution is 2.44. The van der Waals surface area contributed by atoms with Gasteiger partial charge >= 0.3 is 0 Å². The second-order valence-corrected chi connectivity index (χ2v) is 5.87. The Labute approximate surface area is 127 Å². The Morgan fingerprint density at radius 1 is 1.33 bits per heavy atom. The number of benzene rings is 1. The largest absolute Gasteiger partial charge is 0.491 e. The third kappa shape index (κ3) is 3.17. The Balaban J connectivity index is 1.83. The maximum Gasteiger partial charge on any atom is 0.138 e. The predicted molar refractivity (Wildman–Crippen MR) is 80.9 cm³/mol. The zero-order chi connectivity index (χ0) is 14.9. The Morgan fingerprint density at radius 2 is 2.14 bits per heavy atom. The van der Waals surface area contributed by atoms with E-state index in [9.17, 15) is 4.39 Å². The van der Waals surface area contributed by atoms with Gasteiger partial charge in [-0.3, -0.25) is 0 Å². The summed E-state index contributed by atoms with van der Waals surface area (Å²) in [4.78, 5) is 4.12. The molecule has 0 atom stereocenters.